The maximum atomic E-state index is 5.46. The molecule has 5 heteroatoms. The normalized spacial score (nSPS) is 12.8. The first-order valence-corrected chi connectivity index (χ1v) is 9.41. The lowest BCUT2D eigenvalue weighted by molar-refractivity contribution is 0.0690. The summed E-state index contributed by atoms with van der Waals surface area (Å²) in [4.78, 5) is 4.66. The molecule has 0 spiro atoms. The Hall–Kier alpha value is -1.59. The van der Waals surface area contributed by atoms with Gasteiger partial charge in [-0.15, -0.1) is 0 Å². The number of rotatable bonds is 13. The Morgan fingerprint density at radius 3 is 2.64 bits per heavy atom. The smallest absolute Gasteiger partial charge is 0.191 e. The molecular formula is C20H35N3O2. The van der Waals surface area contributed by atoms with Crippen molar-refractivity contribution in [2.24, 2.45) is 4.99 Å². The summed E-state index contributed by atoms with van der Waals surface area (Å²) in [6.07, 6.45) is 4.22. The van der Waals surface area contributed by atoms with E-state index in [4.69, 9.17) is 9.47 Å². The van der Waals surface area contributed by atoms with Gasteiger partial charge in [-0.05, 0) is 45.1 Å². The Morgan fingerprint density at radius 1 is 1.12 bits per heavy atom. The van der Waals surface area contributed by atoms with Crippen LogP contribution in [0.2, 0.25) is 0 Å². The number of hydrogen-bond acceptors (Lipinski definition) is 3. The van der Waals surface area contributed by atoms with Gasteiger partial charge in [0.2, 0.25) is 0 Å². The Labute approximate surface area is 153 Å². The van der Waals surface area contributed by atoms with E-state index in [1.54, 1.807) is 7.11 Å². The Balaban J connectivity index is 2.22. The molecule has 25 heavy (non-hydrogen) atoms. The standard InChI is InChI=1S/C20H35N3O2/c1-4-21-20(22-14-8-9-15-25-17-16-24-3)23-18(2)12-13-19-10-6-5-7-11-19/h5-7,10-11,18H,4,8-9,12-17H2,1-3H3,(H2,21,22,23). The summed E-state index contributed by atoms with van der Waals surface area (Å²) < 4.78 is 10.4. The molecule has 1 aromatic carbocycles. The third kappa shape index (κ3) is 11.6. The van der Waals surface area contributed by atoms with Crippen LogP contribution in [0.15, 0.2) is 35.3 Å². The van der Waals surface area contributed by atoms with Crippen LogP contribution in [-0.4, -0.2) is 52.0 Å². The number of guanidine groups is 1. The summed E-state index contributed by atoms with van der Waals surface area (Å²) >= 11 is 0. The van der Waals surface area contributed by atoms with Crippen molar-refractivity contribution in [2.75, 3.05) is 40.0 Å². The van der Waals surface area contributed by atoms with E-state index in [1.807, 2.05) is 0 Å². The minimum absolute atomic E-state index is 0.385. The fraction of sp³-hybridized carbons (Fsp3) is 0.650. The van der Waals surface area contributed by atoms with Gasteiger partial charge >= 0.3 is 0 Å². The number of unbranched alkanes of at least 4 members (excludes halogenated alkanes) is 1. The van der Waals surface area contributed by atoms with E-state index in [1.165, 1.54) is 5.56 Å². The fourth-order valence-electron chi connectivity index (χ4n) is 2.40. The highest BCUT2D eigenvalue weighted by Gasteiger charge is 2.05. The Bertz CT molecular complexity index is 452. The first kappa shape index (κ1) is 21.5. The van der Waals surface area contributed by atoms with Crippen molar-refractivity contribution in [1.82, 2.24) is 10.6 Å². The molecule has 0 saturated heterocycles. The molecule has 0 heterocycles. The molecule has 0 saturated carbocycles. The zero-order chi connectivity index (χ0) is 18.2. The minimum atomic E-state index is 0.385. The van der Waals surface area contributed by atoms with Gasteiger partial charge in [0.15, 0.2) is 5.96 Å². The quantitative estimate of drug-likeness (QED) is 0.327. The summed E-state index contributed by atoms with van der Waals surface area (Å²) in [5.74, 6) is 0.906. The van der Waals surface area contributed by atoms with E-state index in [0.29, 0.717) is 19.3 Å². The molecule has 0 fully saturated rings. The van der Waals surface area contributed by atoms with Gasteiger partial charge in [0.25, 0.3) is 0 Å². The van der Waals surface area contributed by atoms with Crippen LogP contribution in [0.1, 0.15) is 38.7 Å². The second kappa shape index (κ2) is 14.7. The van der Waals surface area contributed by atoms with Crippen LogP contribution in [0.4, 0.5) is 0 Å². The van der Waals surface area contributed by atoms with Crippen LogP contribution in [-0.2, 0) is 15.9 Å². The number of aliphatic imine (C=N–C) groups is 1. The highest BCUT2D eigenvalue weighted by Crippen LogP contribution is 2.04. The lowest BCUT2D eigenvalue weighted by atomic mass is 10.1. The second-order valence-corrected chi connectivity index (χ2v) is 6.14. The average molecular weight is 350 g/mol. The van der Waals surface area contributed by atoms with E-state index in [-0.39, 0.29) is 0 Å². The highest BCUT2D eigenvalue weighted by atomic mass is 16.5. The van der Waals surface area contributed by atoms with E-state index < -0.39 is 0 Å². The number of hydrogen-bond donors (Lipinski definition) is 2. The fourth-order valence-corrected chi connectivity index (χ4v) is 2.40. The zero-order valence-corrected chi connectivity index (χ0v) is 16.1. The summed E-state index contributed by atoms with van der Waals surface area (Å²) in [5.41, 5.74) is 1.38. The number of aryl methyl sites for hydroxylation is 1. The molecule has 1 unspecified atom stereocenters. The largest absolute Gasteiger partial charge is 0.382 e. The molecule has 0 aromatic heterocycles. The summed E-state index contributed by atoms with van der Waals surface area (Å²) in [5, 5.41) is 6.82. The van der Waals surface area contributed by atoms with Crippen molar-refractivity contribution in [1.29, 1.82) is 0 Å². The van der Waals surface area contributed by atoms with Gasteiger partial charge in [-0.2, -0.15) is 0 Å². The van der Waals surface area contributed by atoms with E-state index in [9.17, 15) is 0 Å². The molecule has 2 N–H and O–H groups in total. The van der Waals surface area contributed by atoms with Gasteiger partial charge in [0.1, 0.15) is 0 Å². The molecule has 0 aliphatic carbocycles. The average Bonchev–Trinajstić information content (AvgIpc) is 2.63. The Kier molecular flexibility index (Phi) is 12.6. The Morgan fingerprint density at radius 2 is 1.92 bits per heavy atom. The van der Waals surface area contributed by atoms with Crippen molar-refractivity contribution >= 4 is 5.96 Å². The molecule has 142 valence electrons. The van der Waals surface area contributed by atoms with Crippen molar-refractivity contribution in [2.45, 2.75) is 45.6 Å². The molecule has 0 amide bonds. The van der Waals surface area contributed by atoms with Crippen LogP contribution < -0.4 is 10.6 Å². The third-order valence-corrected chi connectivity index (χ3v) is 3.83. The van der Waals surface area contributed by atoms with Crippen molar-refractivity contribution in [3.05, 3.63) is 35.9 Å². The van der Waals surface area contributed by atoms with Crippen molar-refractivity contribution in [3.8, 4) is 0 Å². The van der Waals surface area contributed by atoms with E-state index in [2.05, 4.69) is 59.8 Å². The third-order valence-electron chi connectivity index (χ3n) is 3.83. The molecule has 0 aliphatic heterocycles. The molecule has 0 radical (unpaired) electrons. The van der Waals surface area contributed by atoms with Gasteiger partial charge in [-0.25, -0.2) is 0 Å². The second-order valence-electron chi connectivity index (χ2n) is 6.14. The number of methoxy groups -OCH3 is 1. The van der Waals surface area contributed by atoms with Crippen molar-refractivity contribution < 1.29 is 9.47 Å². The first-order valence-electron chi connectivity index (χ1n) is 9.41. The summed E-state index contributed by atoms with van der Waals surface area (Å²) in [6.45, 7) is 8.09. The van der Waals surface area contributed by atoms with Crippen molar-refractivity contribution in [3.63, 3.8) is 0 Å². The summed E-state index contributed by atoms with van der Waals surface area (Å²) in [7, 11) is 1.69. The molecule has 1 atom stereocenters. The lowest BCUT2D eigenvalue weighted by Crippen LogP contribution is -2.42. The predicted octanol–water partition coefficient (Wildman–Crippen LogP) is 3.01. The van der Waals surface area contributed by atoms with Crippen LogP contribution >= 0.6 is 0 Å². The van der Waals surface area contributed by atoms with Crippen LogP contribution in [0.5, 0.6) is 0 Å². The number of ether oxygens (including phenoxy) is 2. The van der Waals surface area contributed by atoms with Gasteiger partial charge < -0.3 is 20.1 Å². The van der Waals surface area contributed by atoms with Gasteiger partial charge in [0, 0.05) is 32.8 Å². The summed E-state index contributed by atoms with van der Waals surface area (Å²) in [6, 6.07) is 11.0. The molecule has 0 aliphatic rings. The topological polar surface area (TPSA) is 54.9 Å². The van der Waals surface area contributed by atoms with Crippen LogP contribution in [0, 0.1) is 0 Å². The van der Waals surface area contributed by atoms with Crippen LogP contribution in [0.3, 0.4) is 0 Å². The molecule has 5 nitrogen and oxygen atoms in total. The van der Waals surface area contributed by atoms with Crippen LogP contribution in [0.25, 0.3) is 0 Å². The molecule has 1 aromatic rings. The predicted molar refractivity (Wildman–Crippen MR) is 105 cm³/mol. The maximum Gasteiger partial charge on any atom is 0.191 e. The molecular weight excluding hydrogens is 314 g/mol. The van der Waals surface area contributed by atoms with Gasteiger partial charge in [0.05, 0.1) is 13.2 Å². The van der Waals surface area contributed by atoms with E-state index in [0.717, 1.165) is 51.3 Å². The first-order chi connectivity index (χ1) is 12.3. The number of benzene rings is 1. The van der Waals surface area contributed by atoms with E-state index >= 15 is 0 Å². The van der Waals surface area contributed by atoms with Gasteiger partial charge in [-0.3, -0.25) is 4.99 Å². The highest BCUT2D eigenvalue weighted by molar-refractivity contribution is 5.80. The zero-order valence-electron chi connectivity index (χ0n) is 16.1. The molecule has 0 bridgehead atoms. The molecule has 1 rings (SSSR count). The number of nitrogens with zero attached hydrogens (tertiary/aromatic N) is 1. The SMILES string of the molecule is CCNC(=NCCCCOCCOC)NC(C)CCc1ccccc1. The minimum Gasteiger partial charge on any atom is -0.382 e. The maximum absolute atomic E-state index is 5.46. The van der Waals surface area contributed by atoms with Gasteiger partial charge in [-0.1, -0.05) is 30.3 Å². The monoisotopic (exact) mass is 349 g/mol. The number of nitrogens with one attached hydrogen (secondary N) is 2. The lowest BCUT2D eigenvalue weighted by Gasteiger charge is -2.18.